The molecular weight excluding hydrogens is 680 g/mol. The van der Waals surface area contributed by atoms with E-state index in [4.69, 9.17) is 33.2 Å². The average Bonchev–Trinajstić information content (AvgIpc) is 3.10. The molecule has 0 aromatic rings. The second-order valence-corrected chi connectivity index (χ2v) is 16.1. The molecule has 3 aliphatic rings. The Morgan fingerprint density at radius 2 is 1.52 bits per heavy atom. The fourth-order valence-corrected chi connectivity index (χ4v) is 8.58. The van der Waals surface area contributed by atoms with Gasteiger partial charge in [-0.15, -0.1) is 0 Å². The first-order valence-electron chi connectivity index (χ1n) is 18.7. The molecule has 3 aliphatic heterocycles. The first-order valence-corrected chi connectivity index (χ1v) is 18.7. The van der Waals surface area contributed by atoms with E-state index in [1.165, 1.54) is 21.1 Å². The molecule has 0 aromatic carbocycles. The third-order valence-electron chi connectivity index (χ3n) is 12.2. The maximum absolute atomic E-state index is 14.2. The van der Waals surface area contributed by atoms with Crippen molar-refractivity contribution in [1.29, 1.82) is 0 Å². The lowest BCUT2D eigenvalue weighted by atomic mass is 9.73. The molecule has 18 atom stereocenters. The van der Waals surface area contributed by atoms with Crippen LogP contribution in [0, 0.1) is 23.7 Å². The van der Waals surface area contributed by atoms with Crippen LogP contribution in [0.15, 0.2) is 5.16 Å². The SMILES string of the molecule is CC[C@H]1OC(=O)[C@H](C)[C@@H](O[C@H]2C[C@@](C)(OC)[C@@H](O)[C@H](C)O2)[C@H](C)[C@@H](O[C@@H]2O[C@H](C)C[C@H](NC)[C@H]2O)[C@](C)(OC)C[C@@H](C)/C(=N\O)[C@H](C)[C@@H](O)[C@]1(C)O. The lowest BCUT2D eigenvalue weighted by Gasteiger charge is -2.49. The van der Waals surface area contributed by atoms with Gasteiger partial charge in [-0.2, -0.15) is 0 Å². The van der Waals surface area contributed by atoms with Crippen molar-refractivity contribution in [3.63, 3.8) is 0 Å². The zero-order valence-corrected chi connectivity index (χ0v) is 33.4. The molecule has 3 heterocycles. The summed E-state index contributed by atoms with van der Waals surface area (Å²) in [6.45, 7) is 17.3. The lowest BCUT2D eigenvalue weighted by Crippen LogP contribution is -2.61. The highest BCUT2D eigenvalue weighted by atomic mass is 16.7. The third kappa shape index (κ3) is 9.30. The number of aliphatic hydroxyl groups excluding tert-OH is 3. The largest absolute Gasteiger partial charge is 0.459 e. The van der Waals surface area contributed by atoms with Gasteiger partial charge in [-0.05, 0) is 67.9 Å². The molecule has 3 rings (SSSR count). The molecule has 15 nitrogen and oxygen atoms in total. The van der Waals surface area contributed by atoms with Gasteiger partial charge in [0.2, 0.25) is 0 Å². The second-order valence-electron chi connectivity index (χ2n) is 16.1. The van der Waals surface area contributed by atoms with Gasteiger partial charge < -0.3 is 64.1 Å². The zero-order chi connectivity index (χ0) is 39.5. The second kappa shape index (κ2) is 18.0. The van der Waals surface area contributed by atoms with Crippen molar-refractivity contribution in [3.05, 3.63) is 0 Å². The molecule has 3 fully saturated rings. The molecule has 304 valence electrons. The quantitative estimate of drug-likeness (QED) is 0.120. The maximum Gasteiger partial charge on any atom is 0.311 e. The van der Waals surface area contributed by atoms with Crippen LogP contribution in [-0.4, -0.2) is 143 Å². The van der Waals surface area contributed by atoms with Gasteiger partial charge in [-0.25, -0.2) is 0 Å². The van der Waals surface area contributed by atoms with E-state index in [9.17, 15) is 30.4 Å². The van der Waals surface area contributed by atoms with Crippen molar-refractivity contribution in [2.45, 2.75) is 179 Å². The number of aliphatic hydroxyl groups is 4. The number of hydrogen-bond donors (Lipinski definition) is 6. The van der Waals surface area contributed by atoms with Gasteiger partial charge in [0.05, 0.1) is 53.4 Å². The summed E-state index contributed by atoms with van der Waals surface area (Å²) in [5.41, 5.74) is -3.99. The summed E-state index contributed by atoms with van der Waals surface area (Å²) in [5, 5.41) is 62.7. The third-order valence-corrected chi connectivity index (χ3v) is 12.2. The smallest absolute Gasteiger partial charge is 0.311 e. The summed E-state index contributed by atoms with van der Waals surface area (Å²) in [4.78, 5) is 14.2. The fourth-order valence-electron chi connectivity index (χ4n) is 8.58. The van der Waals surface area contributed by atoms with Crippen molar-refractivity contribution >= 4 is 11.7 Å². The Morgan fingerprint density at radius 1 is 0.904 bits per heavy atom. The normalized spacial score (nSPS) is 49.7. The van der Waals surface area contributed by atoms with Crippen LogP contribution in [-0.2, 0) is 38.0 Å². The number of likely N-dealkylation sites (N-methyl/N-ethyl adjacent to an activating group) is 1. The van der Waals surface area contributed by atoms with Crippen LogP contribution in [0.4, 0.5) is 0 Å². The number of nitrogens with zero attached hydrogens (tertiary/aromatic N) is 1. The average molecular weight is 749 g/mol. The Hall–Kier alpha value is -1.50. The van der Waals surface area contributed by atoms with Gasteiger partial charge in [0.15, 0.2) is 12.6 Å². The molecule has 0 bridgehead atoms. The number of carbonyl (C=O) groups excluding carboxylic acids is 1. The Balaban J connectivity index is 2.24. The standard InChI is InChI=1S/C37H68N2O13/c1-14-25-37(10,44)30(41)20(4)27(39-45)18(2)16-36(9,47-13)32(52-34-28(40)24(38-11)15-19(3)48-34)21(5)29(22(6)33(43)50-25)51-26-17-35(8,46-12)31(42)23(7)49-26/h18-26,28-32,34,38,40-42,44-45H,14-17H2,1-13H3/b39-27+/t18-,19-,20+,21+,22-,23+,24+,25-,26+,28-,29+,30-,31+,32-,34+,35-,36-,37-/m1/s1. The van der Waals surface area contributed by atoms with Crippen LogP contribution in [0.3, 0.4) is 0 Å². The minimum Gasteiger partial charge on any atom is -0.459 e. The fraction of sp³-hybridized carbons (Fsp3) is 0.946. The van der Waals surface area contributed by atoms with Crippen LogP contribution < -0.4 is 5.32 Å². The minimum absolute atomic E-state index is 0.128. The number of cyclic esters (lactones) is 1. The van der Waals surface area contributed by atoms with Crippen LogP contribution in [0.5, 0.6) is 0 Å². The summed E-state index contributed by atoms with van der Waals surface area (Å²) in [5.74, 6) is -3.82. The van der Waals surface area contributed by atoms with Crippen molar-refractivity contribution in [3.8, 4) is 0 Å². The first kappa shape index (κ1) is 44.9. The van der Waals surface area contributed by atoms with Crippen molar-refractivity contribution in [2.75, 3.05) is 21.3 Å². The van der Waals surface area contributed by atoms with E-state index in [1.807, 2.05) is 27.7 Å². The molecule has 0 radical (unpaired) electrons. The number of rotatable bonds is 8. The van der Waals surface area contributed by atoms with Gasteiger partial charge in [0, 0.05) is 44.4 Å². The molecule has 0 unspecified atom stereocenters. The van der Waals surface area contributed by atoms with E-state index in [-0.39, 0.29) is 37.1 Å². The number of nitrogens with one attached hydrogen (secondary N) is 1. The van der Waals surface area contributed by atoms with Crippen LogP contribution in [0.1, 0.15) is 94.9 Å². The summed E-state index contributed by atoms with van der Waals surface area (Å²) >= 11 is 0. The molecule has 15 heteroatoms. The Kier molecular flexibility index (Phi) is 15.5. The van der Waals surface area contributed by atoms with Crippen LogP contribution in [0.25, 0.3) is 0 Å². The predicted molar refractivity (Wildman–Crippen MR) is 191 cm³/mol. The van der Waals surface area contributed by atoms with E-state index >= 15 is 0 Å². The molecule has 0 aromatic heterocycles. The molecule has 0 spiro atoms. The molecule has 3 saturated heterocycles. The highest BCUT2D eigenvalue weighted by Crippen LogP contribution is 2.41. The number of oxime groups is 1. The number of carbonyl (C=O) groups is 1. The highest BCUT2D eigenvalue weighted by molar-refractivity contribution is 5.88. The summed E-state index contributed by atoms with van der Waals surface area (Å²) in [7, 11) is 4.78. The molecule has 0 aliphatic carbocycles. The summed E-state index contributed by atoms with van der Waals surface area (Å²) < 4.78 is 43.9. The molecular formula is C37H68N2O13. The van der Waals surface area contributed by atoms with Gasteiger partial charge in [-0.1, -0.05) is 32.9 Å². The monoisotopic (exact) mass is 748 g/mol. The molecule has 6 N–H and O–H groups in total. The Labute approximate surface area is 309 Å². The van der Waals surface area contributed by atoms with Gasteiger partial charge >= 0.3 is 5.97 Å². The highest BCUT2D eigenvalue weighted by Gasteiger charge is 2.53. The molecule has 0 amide bonds. The van der Waals surface area contributed by atoms with Crippen LogP contribution >= 0.6 is 0 Å². The maximum atomic E-state index is 14.2. The van der Waals surface area contributed by atoms with Gasteiger partial charge in [0.1, 0.15) is 23.9 Å². The lowest BCUT2D eigenvalue weighted by molar-refractivity contribution is -0.317. The number of esters is 1. The molecule has 52 heavy (non-hydrogen) atoms. The van der Waals surface area contributed by atoms with E-state index in [2.05, 4.69) is 10.5 Å². The molecule has 0 saturated carbocycles. The van der Waals surface area contributed by atoms with E-state index < -0.39 is 102 Å². The minimum atomic E-state index is -1.94. The summed E-state index contributed by atoms with van der Waals surface area (Å²) in [6.07, 6.45) is -8.58. The summed E-state index contributed by atoms with van der Waals surface area (Å²) in [6, 6.07) is -0.333. The first-order chi connectivity index (χ1) is 24.2. The number of ether oxygens (including phenoxy) is 7. The van der Waals surface area contributed by atoms with Crippen molar-refractivity contribution in [2.24, 2.45) is 28.8 Å². The van der Waals surface area contributed by atoms with Gasteiger partial charge in [-0.3, -0.25) is 4.79 Å². The topological polar surface area (TPSA) is 207 Å². The van der Waals surface area contributed by atoms with Gasteiger partial charge in [0.25, 0.3) is 0 Å². The van der Waals surface area contributed by atoms with E-state index in [0.717, 1.165) is 0 Å². The predicted octanol–water partition coefficient (Wildman–Crippen LogP) is 2.36. The Bertz CT molecular complexity index is 1190. The van der Waals surface area contributed by atoms with Crippen LogP contribution in [0.2, 0.25) is 0 Å². The van der Waals surface area contributed by atoms with E-state index in [1.54, 1.807) is 41.7 Å². The zero-order valence-electron chi connectivity index (χ0n) is 33.4. The van der Waals surface area contributed by atoms with Crippen molar-refractivity contribution < 1.29 is 63.6 Å². The van der Waals surface area contributed by atoms with E-state index in [0.29, 0.717) is 6.42 Å². The number of hydrogen-bond acceptors (Lipinski definition) is 15. The van der Waals surface area contributed by atoms with Crippen molar-refractivity contribution in [1.82, 2.24) is 5.32 Å². The number of methoxy groups -OCH3 is 2. The Morgan fingerprint density at radius 3 is 2.06 bits per heavy atom.